The fourth-order valence-corrected chi connectivity index (χ4v) is 1.40. The molecule has 0 amide bonds. The van der Waals surface area contributed by atoms with E-state index < -0.39 is 0 Å². The highest BCUT2D eigenvalue weighted by atomic mass is 32.2. The van der Waals surface area contributed by atoms with Crippen molar-refractivity contribution >= 4 is 11.8 Å². The number of hydrogen-bond donors (Lipinski definition) is 0. The SMILES string of the molecule is CCSC1COC1. The summed E-state index contributed by atoms with van der Waals surface area (Å²) in [6, 6.07) is 0. The van der Waals surface area contributed by atoms with Crippen LogP contribution in [0, 0.1) is 0 Å². The lowest BCUT2D eigenvalue weighted by molar-refractivity contribution is 0.0455. The molecule has 1 aliphatic heterocycles. The van der Waals surface area contributed by atoms with Crippen LogP contribution in [0.25, 0.3) is 0 Å². The fraction of sp³-hybridized carbons (Fsp3) is 1.00. The maximum absolute atomic E-state index is 4.97. The Labute approximate surface area is 48.4 Å². The Morgan fingerprint density at radius 3 is 2.57 bits per heavy atom. The Bertz CT molecular complexity index is 52.0. The molecule has 42 valence electrons. The highest BCUT2D eigenvalue weighted by Crippen LogP contribution is 2.17. The van der Waals surface area contributed by atoms with Crippen LogP contribution in [0.15, 0.2) is 0 Å². The van der Waals surface area contributed by atoms with Crippen molar-refractivity contribution in [2.45, 2.75) is 12.2 Å². The molecule has 1 saturated heterocycles. The van der Waals surface area contributed by atoms with Gasteiger partial charge in [0.05, 0.1) is 18.5 Å². The summed E-state index contributed by atoms with van der Waals surface area (Å²) in [4.78, 5) is 0. The molecule has 1 fully saturated rings. The van der Waals surface area contributed by atoms with Crippen LogP contribution in [-0.2, 0) is 4.74 Å². The highest BCUT2D eigenvalue weighted by Gasteiger charge is 2.16. The number of rotatable bonds is 2. The van der Waals surface area contributed by atoms with Crippen LogP contribution >= 0.6 is 11.8 Å². The molecule has 0 aromatic heterocycles. The van der Waals surface area contributed by atoms with Gasteiger partial charge in [-0.2, -0.15) is 11.8 Å². The lowest BCUT2D eigenvalue weighted by Crippen LogP contribution is -2.30. The first-order chi connectivity index (χ1) is 3.43. The summed E-state index contributed by atoms with van der Waals surface area (Å²) in [6.45, 7) is 4.15. The van der Waals surface area contributed by atoms with Gasteiger partial charge in [-0.25, -0.2) is 0 Å². The van der Waals surface area contributed by atoms with E-state index in [-0.39, 0.29) is 0 Å². The van der Waals surface area contributed by atoms with Crippen LogP contribution < -0.4 is 0 Å². The predicted molar refractivity (Wildman–Crippen MR) is 32.7 cm³/mol. The molecular formula is C5H10OS. The van der Waals surface area contributed by atoms with E-state index in [1.165, 1.54) is 5.75 Å². The normalized spacial score (nSPS) is 21.9. The van der Waals surface area contributed by atoms with E-state index in [2.05, 4.69) is 6.92 Å². The molecule has 1 aliphatic rings. The highest BCUT2D eigenvalue weighted by molar-refractivity contribution is 7.99. The summed E-state index contributed by atoms with van der Waals surface area (Å²) < 4.78 is 4.97. The maximum Gasteiger partial charge on any atom is 0.0607 e. The van der Waals surface area contributed by atoms with Crippen LogP contribution in [0.5, 0.6) is 0 Å². The molecule has 0 saturated carbocycles. The third kappa shape index (κ3) is 1.35. The second-order valence-electron chi connectivity index (χ2n) is 1.61. The third-order valence-corrected chi connectivity index (χ3v) is 2.09. The van der Waals surface area contributed by atoms with Gasteiger partial charge in [0.2, 0.25) is 0 Å². The predicted octanol–water partition coefficient (Wildman–Crippen LogP) is 1.14. The molecular weight excluding hydrogens is 108 g/mol. The monoisotopic (exact) mass is 118 g/mol. The van der Waals surface area contributed by atoms with E-state index in [4.69, 9.17) is 4.74 Å². The summed E-state index contributed by atoms with van der Waals surface area (Å²) in [5.41, 5.74) is 0. The zero-order chi connectivity index (χ0) is 5.11. The van der Waals surface area contributed by atoms with Gasteiger partial charge < -0.3 is 4.74 Å². The molecule has 1 heterocycles. The van der Waals surface area contributed by atoms with Gasteiger partial charge in [0, 0.05) is 0 Å². The first kappa shape index (κ1) is 5.45. The number of ether oxygens (including phenoxy) is 1. The smallest absolute Gasteiger partial charge is 0.0607 e. The van der Waals surface area contributed by atoms with E-state index >= 15 is 0 Å². The van der Waals surface area contributed by atoms with Gasteiger partial charge in [-0.05, 0) is 5.75 Å². The van der Waals surface area contributed by atoms with E-state index in [0.29, 0.717) is 0 Å². The van der Waals surface area contributed by atoms with Crippen molar-refractivity contribution in [2.75, 3.05) is 19.0 Å². The molecule has 0 spiro atoms. The summed E-state index contributed by atoms with van der Waals surface area (Å²) in [5, 5.41) is 0.824. The van der Waals surface area contributed by atoms with Crippen LogP contribution in [0.2, 0.25) is 0 Å². The van der Waals surface area contributed by atoms with Crippen LogP contribution in [0.3, 0.4) is 0 Å². The Kier molecular flexibility index (Phi) is 2.00. The van der Waals surface area contributed by atoms with Crippen molar-refractivity contribution in [1.29, 1.82) is 0 Å². The zero-order valence-electron chi connectivity index (χ0n) is 4.52. The first-order valence-electron chi connectivity index (χ1n) is 2.63. The minimum atomic E-state index is 0.824. The summed E-state index contributed by atoms with van der Waals surface area (Å²) >= 11 is 1.99. The summed E-state index contributed by atoms with van der Waals surface area (Å²) in [5.74, 6) is 1.23. The standard InChI is InChI=1S/C5H10OS/c1-2-7-5-3-6-4-5/h5H,2-4H2,1H3. The topological polar surface area (TPSA) is 9.23 Å². The summed E-state index contributed by atoms with van der Waals surface area (Å²) in [7, 11) is 0. The van der Waals surface area contributed by atoms with Crippen molar-refractivity contribution < 1.29 is 4.74 Å². The lowest BCUT2D eigenvalue weighted by atomic mass is 10.4. The molecule has 0 radical (unpaired) electrons. The van der Waals surface area contributed by atoms with Gasteiger partial charge in [-0.15, -0.1) is 0 Å². The average Bonchev–Trinajstić information content (AvgIpc) is 1.55. The van der Waals surface area contributed by atoms with Crippen molar-refractivity contribution in [3.63, 3.8) is 0 Å². The Balaban J connectivity index is 1.93. The van der Waals surface area contributed by atoms with Gasteiger partial charge in [0.25, 0.3) is 0 Å². The molecule has 0 aromatic carbocycles. The molecule has 0 bridgehead atoms. The molecule has 0 unspecified atom stereocenters. The molecule has 0 N–H and O–H groups in total. The fourth-order valence-electron chi connectivity index (χ4n) is 0.546. The van der Waals surface area contributed by atoms with E-state index in [0.717, 1.165) is 18.5 Å². The molecule has 2 heteroatoms. The number of thioether (sulfide) groups is 1. The molecule has 1 nitrogen and oxygen atoms in total. The van der Waals surface area contributed by atoms with Crippen molar-refractivity contribution in [3.05, 3.63) is 0 Å². The zero-order valence-corrected chi connectivity index (χ0v) is 5.33. The second kappa shape index (κ2) is 2.58. The van der Waals surface area contributed by atoms with E-state index in [1.807, 2.05) is 11.8 Å². The summed E-state index contributed by atoms with van der Waals surface area (Å²) in [6.07, 6.45) is 0. The molecule has 0 aliphatic carbocycles. The lowest BCUT2D eigenvalue weighted by Gasteiger charge is -2.24. The van der Waals surface area contributed by atoms with Crippen molar-refractivity contribution in [1.82, 2.24) is 0 Å². The average molecular weight is 118 g/mol. The van der Waals surface area contributed by atoms with Crippen molar-refractivity contribution in [3.8, 4) is 0 Å². The second-order valence-corrected chi connectivity index (χ2v) is 3.19. The van der Waals surface area contributed by atoms with Crippen LogP contribution in [-0.4, -0.2) is 24.2 Å². The van der Waals surface area contributed by atoms with E-state index in [1.54, 1.807) is 0 Å². The Morgan fingerprint density at radius 1 is 1.71 bits per heavy atom. The van der Waals surface area contributed by atoms with Crippen LogP contribution in [0.1, 0.15) is 6.92 Å². The van der Waals surface area contributed by atoms with Crippen LogP contribution in [0.4, 0.5) is 0 Å². The molecule has 7 heavy (non-hydrogen) atoms. The Morgan fingerprint density at radius 2 is 2.43 bits per heavy atom. The quantitative estimate of drug-likeness (QED) is 0.537. The van der Waals surface area contributed by atoms with E-state index in [9.17, 15) is 0 Å². The minimum Gasteiger partial charge on any atom is -0.379 e. The van der Waals surface area contributed by atoms with Gasteiger partial charge in [0.1, 0.15) is 0 Å². The Hall–Kier alpha value is 0.310. The van der Waals surface area contributed by atoms with Gasteiger partial charge in [-0.3, -0.25) is 0 Å². The van der Waals surface area contributed by atoms with Gasteiger partial charge in [0.15, 0.2) is 0 Å². The molecule has 0 atom stereocenters. The largest absolute Gasteiger partial charge is 0.379 e. The molecule has 0 aromatic rings. The van der Waals surface area contributed by atoms with Crippen molar-refractivity contribution in [2.24, 2.45) is 0 Å². The van der Waals surface area contributed by atoms with Gasteiger partial charge >= 0.3 is 0 Å². The maximum atomic E-state index is 4.97. The van der Waals surface area contributed by atoms with Gasteiger partial charge in [-0.1, -0.05) is 6.92 Å². The number of hydrogen-bond acceptors (Lipinski definition) is 2. The minimum absolute atomic E-state index is 0.824. The first-order valence-corrected chi connectivity index (χ1v) is 3.67. The molecule has 1 rings (SSSR count). The third-order valence-electron chi connectivity index (χ3n) is 1.01.